The van der Waals surface area contributed by atoms with E-state index in [1.165, 1.54) is 6.26 Å². The van der Waals surface area contributed by atoms with Crippen LogP contribution in [0.4, 0.5) is 5.82 Å². The Morgan fingerprint density at radius 2 is 2.00 bits per heavy atom. The Kier molecular flexibility index (Phi) is 5.63. The SMILES string of the molecule is Cc1ccoc1C(=O)NCc1cccnc1N(C)CCc1ccccn1. The van der Waals surface area contributed by atoms with Crippen LogP contribution in [0.25, 0.3) is 0 Å². The fourth-order valence-electron chi connectivity index (χ4n) is 2.71. The van der Waals surface area contributed by atoms with Gasteiger partial charge in [-0.25, -0.2) is 4.98 Å². The van der Waals surface area contributed by atoms with Crippen molar-refractivity contribution in [2.24, 2.45) is 0 Å². The highest BCUT2D eigenvalue weighted by atomic mass is 16.3. The molecule has 3 aromatic heterocycles. The van der Waals surface area contributed by atoms with E-state index in [0.29, 0.717) is 12.3 Å². The molecule has 0 bridgehead atoms. The number of carbonyl (C=O) groups excluding carboxylic acids is 1. The maximum Gasteiger partial charge on any atom is 0.287 e. The number of hydrogen-bond acceptors (Lipinski definition) is 5. The summed E-state index contributed by atoms with van der Waals surface area (Å²) in [7, 11) is 1.99. The van der Waals surface area contributed by atoms with E-state index in [4.69, 9.17) is 4.42 Å². The lowest BCUT2D eigenvalue weighted by Gasteiger charge is -2.21. The van der Waals surface area contributed by atoms with E-state index in [1.54, 1.807) is 18.5 Å². The molecule has 3 heterocycles. The maximum absolute atomic E-state index is 12.2. The van der Waals surface area contributed by atoms with Gasteiger partial charge < -0.3 is 14.6 Å². The quantitative estimate of drug-likeness (QED) is 0.709. The summed E-state index contributed by atoms with van der Waals surface area (Å²) in [5, 5.41) is 2.90. The molecule has 0 spiro atoms. The van der Waals surface area contributed by atoms with Gasteiger partial charge in [0, 0.05) is 55.8 Å². The summed E-state index contributed by atoms with van der Waals surface area (Å²) in [6.45, 7) is 3.02. The fourth-order valence-corrected chi connectivity index (χ4v) is 2.71. The van der Waals surface area contributed by atoms with E-state index in [-0.39, 0.29) is 5.91 Å². The zero-order valence-corrected chi connectivity index (χ0v) is 15.0. The molecule has 0 radical (unpaired) electrons. The third-order valence-electron chi connectivity index (χ3n) is 4.17. The van der Waals surface area contributed by atoms with E-state index >= 15 is 0 Å². The monoisotopic (exact) mass is 350 g/mol. The van der Waals surface area contributed by atoms with Crippen LogP contribution >= 0.6 is 0 Å². The fraction of sp³-hybridized carbons (Fsp3) is 0.250. The van der Waals surface area contributed by atoms with Gasteiger partial charge in [0.1, 0.15) is 5.82 Å². The van der Waals surface area contributed by atoms with Gasteiger partial charge in [-0.1, -0.05) is 12.1 Å². The zero-order valence-electron chi connectivity index (χ0n) is 15.0. The summed E-state index contributed by atoms with van der Waals surface area (Å²) in [4.78, 5) is 23.2. The van der Waals surface area contributed by atoms with Gasteiger partial charge in [-0.2, -0.15) is 0 Å². The van der Waals surface area contributed by atoms with Gasteiger partial charge in [-0.15, -0.1) is 0 Å². The first-order valence-electron chi connectivity index (χ1n) is 8.52. The lowest BCUT2D eigenvalue weighted by atomic mass is 10.2. The molecule has 0 atom stereocenters. The predicted octanol–water partition coefficient (Wildman–Crippen LogP) is 2.99. The molecule has 0 fully saturated rings. The highest BCUT2D eigenvalue weighted by Gasteiger charge is 2.14. The molecular weight excluding hydrogens is 328 g/mol. The number of nitrogens with one attached hydrogen (secondary N) is 1. The molecule has 6 nitrogen and oxygen atoms in total. The van der Waals surface area contributed by atoms with Crippen molar-refractivity contribution in [1.29, 1.82) is 0 Å². The number of amides is 1. The van der Waals surface area contributed by atoms with Crippen molar-refractivity contribution in [3.8, 4) is 0 Å². The lowest BCUT2D eigenvalue weighted by molar-refractivity contribution is 0.0922. The minimum Gasteiger partial charge on any atom is -0.459 e. The van der Waals surface area contributed by atoms with Crippen LogP contribution in [0, 0.1) is 6.92 Å². The summed E-state index contributed by atoms with van der Waals surface area (Å²) >= 11 is 0. The number of nitrogens with zero attached hydrogens (tertiary/aromatic N) is 3. The second-order valence-corrected chi connectivity index (χ2v) is 6.09. The minimum atomic E-state index is -0.224. The van der Waals surface area contributed by atoms with Crippen LogP contribution in [0.3, 0.4) is 0 Å². The first-order valence-corrected chi connectivity index (χ1v) is 8.52. The number of anilines is 1. The molecule has 3 aromatic rings. The van der Waals surface area contributed by atoms with Crippen LogP contribution in [0.15, 0.2) is 59.5 Å². The molecule has 0 saturated carbocycles. The Morgan fingerprint density at radius 3 is 2.73 bits per heavy atom. The molecule has 0 aromatic carbocycles. The van der Waals surface area contributed by atoms with Crippen LogP contribution in [0.2, 0.25) is 0 Å². The number of furan rings is 1. The van der Waals surface area contributed by atoms with Crippen molar-refractivity contribution in [3.05, 3.63) is 77.6 Å². The van der Waals surface area contributed by atoms with Gasteiger partial charge in [-0.05, 0) is 31.2 Å². The molecule has 1 amide bonds. The first kappa shape index (κ1) is 17.7. The van der Waals surface area contributed by atoms with Gasteiger partial charge in [0.25, 0.3) is 5.91 Å². The van der Waals surface area contributed by atoms with Gasteiger partial charge in [-0.3, -0.25) is 9.78 Å². The van der Waals surface area contributed by atoms with Gasteiger partial charge in [0.05, 0.1) is 6.26 Å². The van der Waals surface area contributed by atoms with Crippen LogP contribution in [0.1, 0.15) is 27.4 Å². The van der Waals surface area contributed by atoms with Crippen molar-refractivity contribution in [1.82, 2.24) is 15.3 Å². The standard InChI is InChI=1S/C20H22N4O2/c1-15-9-13-26-18(15)20(25)23-14-16-6-5-11-22-19(16)24(2)12-8-17-7-3-4-10-21-17/h3-7,9-11,13H,8,12,14H2,1-2H3,(H,23,25). The average Bonchev–Trinajstić information content (AvgIpc) is 3.11. The minimum absolute atomic E-state index is 0.224. The number of rotatable bonds is 7. The van der Waals surface area contributed by atoms with Gasteiger partial charge in [0.2, 0.25) is 0 Å². The van der Waals surface area contributed by atoms with Crippen molar-refractivity contribution >= 4 is 11.7 Å². The number of aryl methyl sites for hydroxylation is 1. The maximum atomic E-state index is 12.2. The molecule has 3 rings (SSSR count). The summed E-state index contributed by atoms with van der Waals surface area (Å²) in [6, 6.07) is 11.5. The normalized spacial score (nSPS) is 10.5. The first-order chi connectivity index (χ1) is 12.6. The van der Waals surface area contributed by atoms with Crippen LogP contribution in [-0.2, 0) is 13.0 Å². The Morgan fingerprint density at radius 1 is 1.15 bits per heavy atom. The largest absolute Gasteiger partial charge is 0.459 e. The number of pyridine rings is 2. The van der Waals surface area contributed by atoms with Crippen molar-refractivity contribution in [2.75, 3.05) is 18.5 Å². The van der Waals surface area contributed by atoms with E-state index in [0.717, 1.165) is 35.6 Å². The number of likely N-dealkylation sites (N-methyl/N-ethyl adjacent to an activating group) is 1. The topological polar surface area (TPSA) is 71.3 Å². The van der Waals surface area contributed by atoms with Crippen molar-refractivity contribution < 1.29 is 9.21 Å². The molecule has 0 saturated heterocycles. The highest BCUT2D eigenvalue weighted by molar-refractivity contribution is 5.92. The molecule has 1 N–H and O–H groups in total. The number of hydrogen-bond donors (Lipinski definition) is 1. The Balaban J connectivity index is 1.64. The number of carbonyl (C=O) groups is 1. The van der Waals surface area contributed by atoms with Crippen LogP contribution in [-0.4, -0.2) is 29.5 Å². The Bertz CT molecular complexity index is 861. The zero-order chi connectivity index (χ0) is 18.4. The Hall–Kier alpha value is -3.15. The third-order valence-corrected chi connectivity index (χ3v) is 4.17. The van der Waals surface area contributed by atoms with E-state index in [1.807, 2.05) is 44.3 Å². The molecule has 134 valence electrons. The molecule has 0 aliphatic rings. The molecular formula is C20H22N4O2. The molecule has 6 heteroatoms. The molecule has 0 aliphatic carbocycles. The van der Waals surface area contributed by atoms with Crippen molar-refractivity contribution in [2.45, 2.75) is 19.9 Å². The lowest BCUT2D eigenvalue weighted by Crippen LogP contribution is -2.27. The smallest absolute Gasteiger partial charge is 0.287 e. The summed E-state index contributed by atoms with van der Waals surface area (Å²) in [5.74, 6) is 0.970. The molecule has 26 heavy (non-hydrogen) atoms. The molecule has 0 unspecified atom stereocenters. The Labute approximate surface area is 152 Å². The van der Waals surface area contributed by atoms with Crippen LogP contribution < -0.4 is 10.2 Å². The van der Waals surface area contributed by atoms with E-state index < -0.39 is 0 Å². The third kappa shape index (κ3) is 4.27. The second kappa shape index (κ2) is 8.29. The number of aromatic nitrogens is 2. The average molecular weight is 350 g/mol. The van der Waals surface area contributed by atoms with Gasteiger partial charge >= 0.3 is 0 Å². The van der Waals surface area contributed by atoms with Crippen molar-refractivity contribution in [3.63, 3.8) is 0 Å². The summed E-state index contributed by atoms with van der Waals surface area (Å²) in [5.41, 5.74) is 2.81. The second-order valence-electron chi connectivity index (χ2n) is 6.09. The highest BCUT2D eigenvalue weighted by Crippen LogP contribution is 2.17. The summed E-state index contributed by atoms with van der Waals surface area (Å²) < 4.78 is 5.23. The van der Waals surface area contributed by atoms with Gasteiger partial charge in [0.15, 0.2) is 5.76 Å². The van der Waals surface area contributed by atoms with E-state index in [9.17, 15) is 4.79 Å². The van der Waals surface area contributed by atoms with Crippen LogP contribution in [0.5, 0.6) is 0 Å². The molecule has 0 aliphatic heterocycles. The van der Waals surface area contributed by atoms with E-state index in [2.05, 4.69) is 20.2 Å². The predicted molar refractivity (Wildman–Crippen MR) is 100 cm³/mol. The summed E-state index contributed by atoms with van der Waals surface area (Å²) in [6.07, 6.45) is 5.90.